The van der Waals surface area contributed by atoms with Crippen LogP contribution in [-0.2, 0) is 20.8 Å². The molecule has 1 aromatic rings. The van der Waals surface area contributed by atoms with Gasteiger partial charge in [0.15, 0.2) is 0 Å². The number of hydrogen-bond donors (Lipinski definition) is 4. The van der Waals surface area contributed by atoms with Crippen molar-refractivity contribution in [2.75, 3.05) is 26.2 Å². The second-order valence-electron chi connectivity index (χ2n) is 11.0. The van der Waals surface area contributed by atoms with Crippen LogP contribution in [0.3, 0.4) is 0 Å². The van der Waals surface area contributed by atoms with Gasteiger partial charge in [0.25, 0.3) is 0 Å². The van der Waals surface area contributed by atoms with Gasteiger partial charge in [-0.05, 0) is 77.0 Å². The molecule has 0 bridgehead atoms. The first kappa shape index (κ1) is 33.4. The molecule has 3 amide bonds. The van der Waals surface area contributed by atoms with Gasteiger partial charge in [-0.3, -0.25) is 19.7 Å². The van der Waals surface area contributed by atoms with Crippen molar-refractivity contribution < 1.29 is 28.3 Å². The zero-order valence-electron chi connectivity index (χ0n) is 24.5. The van der Waals surface area contributed by atoms with Crippen molar-refractivity contribution in [3.8, 4) is 0 Å². The molecule has 0 aromatic heterocycles. The number of benzene rings is 1. The molecular formula is C30H46F2N4O4. The van der Waals surface area contributed by atoms with Crippen LogP contribution in [0.15, 0.2) is 29.8 Å². The van der Waals surface area contributed by atoms with E-state index in [1.165, 1.54) is 0 Å². The number of rotatable bonds is 15. The van der Waals surface area contributed by atoms with Crippen LogP contribution in [-0.4, -0.2) is 65.5 Å². The summed E-state index contributed by atoms with van der Waals surface area (Å²) >= 11 is 0. The largest absolute Gasteiger partial charge is 0.396 e. The molecule has 0 radical (unpaired) electrons. The van der Waals surface area contributed by atoms with Gasteiger partial charge in [0.2, 0.25) is 17.7 Å². The maximum atomic E-state index is 14.7. The number of halogens is 2. The van der Waals surface area contributed by atoms with Gasteiger partial charge >= 0.3 is 0 Å². The lowest BCUT2D eigenvalue weighted by molar-refractivity contribution is -0.148. The molecule has 1 aromatic carbocycles. The van der Waals surface area contributed by atoms with E-state index in [1.807, 2.05) is 13.8 Å². The first-order chi connectivity index (χ1) is 18.9. The van der Waals surface area contributed by atoms with E-state index >= 15 is 0 Å². The van der Waals surface area contributed by atoms with Gasteiger partial charge in [-0.2, -0.15) is 0 Å². The Labute approximate surface area is 236 Å². The third-order valence-electron chi connectivity index (χ3n) is 7.68. The molecule has 1 aliphatic rings. The van der Waals surface area contributed by atoms with E-state index in [0.29, 0.717) is 38.0 Å². The molecule has 0 saturated heterocycles. The summed E-state index contributed by atoms with van der Waals surface area (Å²) in [5.74, 6) is -3.74. The molecule has 1 aliphatic carbocycles. The Morgan fingerprint density at radius 1 is 1.12 bits per heavy atom. The van der Waals surface area contributed by atoms with Gasteiger partial charge in [0.05, 0.1) is 11.5 Å². The molecule has 10 heteroatoms. The molecule has 0 spiro atoms. The fourth-order valence-electron chi connectivity index (χ4n) is 6.30. The molecule has 4 atom stereocenters. The van der Waals surface area contributed by atoms with Crippen molar-refractivity contribution in [2.24, 2.45) is 17.1 Å². The Balaban J connectivity index is 2.87. The highest BCUT2D eigenvalue weighted by Crippen LogP contribution is 2.50. The lowest BCUT2D eigenvalue weighted by atomic mass is 9.55. The number of primary amides is 1. The molecule has 8 nitrogen and oxygen atoms in total. The first-order valence-electron chi connectivity index (χ1n) is 14.3. The van der Waals surface area contributed by atoms with Crippen molar-refractivity contribution in [3.63, 3.8) is 0 Å². The summed E-state index contributed by atoms with van der Waals surface area (Å²) in [6, 6.07) is 2.25. The quantitative estimate of drug-likeness (QED) is 0.244. The monoisotopic (exact) mass is 564 g/mol. The number of aliphatic hydroxyl groups is 1. The zero-order valence-corrected chi connectivity index (χ0v) is 24.5. The third-order valence-corrected chi connectivity index (χ3v) is 7.68. The Kier molecular flexibility index (Phi) is 12.2. The highest BCUT2D eigenvalue weighted by atomic mass is 19.1. The molecule has 224 valence electrons. The Morgan fingerprint density at radius 3 is 2.23 bits per heavy atom. The fourth-order valence-corrected chi connectivity index (χ4v) is 6.30. The van der Waals surface area contributed by atoms with Crippen LogP contribution in [0.25, 0.3) is 0 Å². The minimum atomic E-state index is -1.54. The number of carbonyl (C=O) groups is 3. The molecule has 2 rings (SSSR count). The summed E-state index contributed by atoms with van der Waals surface area (Å²) in [4.78, 5) is 42.9. The van der Waals surface area contributed by atoms with Gasteiger partial charge in [-0.1, -0.05) is 25.5 Å². The summed E-state index contributed by atoms with van der Waals surface area (Å²) in [6.07, 6.45) is 3.61. The highest BCUT2D eigenvalue weighted by molar-refractivity contribution is 5.93. The Hall–Kier alpha value is -2.85. The summed E-state index contributed by atoms with van der Waals surface area (Å²) < 4.78 is 28.5. The van der Waals surface area contributed by atoms with E-state index in [-0.39, 0.29) is 49.7 Å². The highest BCUT2D eigenvalue weighted by Gasteiger charge is 2.60. The summed E-state index contributed by atoms with van der Waals surface area (Å²) in [5, 5.41) is 16.0. The van der Waals surface area contributed by atoms with Gasteiger partial charge < -0.3 is 21.1 Å². The number of carbonyl (C=O) groups excluding carboxylic acids is 3. The van der Waals surface area contributed by atoms with Gasteiger partial charge in [0.1, 0.15) is 17.2 Å². The minimum Gasteiger partial charge on any atom is -0.396 e. The van der Waals surface area contributed by atoms with Crippen molar-refractivity contribution >= 4 is 17.7 Å². The van der Waals surface area contributed by atoms with Crippen molar-refractivity contribution in [1.82, 2.24) is 15.5 Å². The average molecular weight is 565 g/mol. The van der Waals surface area contributed by atoms with Crippen LogP contribution in [0.4, 0.5) is 8.78 Å². The van der Waals surface area contributed by atoms with E-state index < -0.39 is 40.5 Å². The molecule has 40 heavy (non-hydrogen) atoms. The standard InChI is InChI=1S/C30H46F2N4O4/c1-6-11-36(12-7-2)28(40)30(35-21(5)26(38)34-8-3)18-20(4)17-29(27(33)39,25(30)10-9-13-37)19-22-14-23(31)16-24(32)15-22/h14-17,21,25,35,37H,6-13,18-19H2,1-5H3,(H2,33,39)(H,34,38)/t21-,25+,29+,30?/m0/s1. The minimum absolute atomic E-state index is 0.155. The lowest BCUT2D eigenvalue weighted by Gasteiger charge is -2.53. The number of hydrogen-bond acceptors (Lipinski definition) is 5. The maximum Gasteiger partial charge on any atom is 0.243 e. The Bertz CT molecular complexity index is 1060. The number of aliphatic hydroxyl groups excluding tert-OH is 1. The summed E-state index contributed by atoms with van der Waals surface area (Å²) in [6.45, 7) is 10.3. The topological polar surface area (TPSA) is 125 Å². The van der Waals surface area contributed by atoms with Gasteiger partial charge in [-0.25, -0.2) is 8.78 Å². The first-order valence-corrected chi connectivity index (χ1v) is 14.3. The van der Waals surface area contributed by atoms with Crippen molar-refractivity contribution in [2.45, 2.75) is 84.7 Å². The molecule has 0 saturated carbocycles. The molecule has 5 N–H and O–H groups in total. The number of amides is 3. The molecule has 0 aliphatic heterocycles. The Morgan fingerprint density at radius 2 is 1.73 bits per heavy atom. The maximum absolute atomic E-state index is 14.7. The smallest absolute Gasteiger partial charge is 0.243 e. The van der Waals surface area contributed by atoms with E-state index in [0.717, 1.165) is 18.2 Å². The van der Waals surface area contributed by atoms with E-state index in [1.54, 1.807) is 31.7 Å². The SMILES string of the molecule is CCCN(CCC)C(=O)C1(N[C@@H](C)C(=O)NCC)CC(C)=C[C@](Cc2cc(F)cc(F)c2)(C(N)=O)[C@H]1CCCO. The van der Waals surface area contributed by atoms with Crippen LogP contribution < -0.4 is 16.4 Å². The van der Waals surface area contributed by atoms with Crippen molar-refractivity contribution in [3.05, 3.63) is 47.0 Å². The van der Waals surface area contributed by atoms with Crippen LogP contribution in [0, 0.1) is 23.0 Å². The predicted molar refractivity (Wildman–Crippen MR) is 151 cm³/mol. The normalized spacial score (nSPS) is 23.3. The molecule has 0 fully saturated rings. The van der Waals surface area contributed by atoms with E-state index in [9.17, 15) is 28.3 Å². The predicted octanol–water partition coefficient (Wildman–Crippen LogP) is 3.22. The number of nitrogens with one attached hydrogen (secondary N) is 2. The number of likely N-dealkylation sites (N-methyl/N-ethyl adjacent to an activating group) is 1. The summed E-state index contributed by atoms with van der Waals surface area (Å²) in [7, 11) is 0. The number of nitrogens with zero attached hydrogens (tertiary/aromatic N) is 1. The third kappa shape index (κ3) is 7.46. The van der Waals surface area contributed by atoms with E-state index in [4.69, 9.17) is 5.73 Å². The van der Waals surface area contributed by atoms with Crippen LogP contribution >= 0.6 is 0 Å². The van der Waals surface area contributed by atoms with Crippen LogP contribution in [0.2, 0.25) is 0 Å². The molecule has 1 unspecified atom stereocenters. The van der Waals surface area contributed by atoms with E-state index in [2.05, 4.69) is 10.6 Å². The molecular weight excluding hydrogens is 518 g/mol. The zero-order chi connectivity index (χ0) is 30.1. The second-order valence-corrected chi connectivity index (χ2v) is 11.0. The average Bonchev–Trinajstić information content (AvgIpc) is 2.86. The van der Waals surface area contributed by atoms with Crippen LogP contribution in [0.1, 0.15) is 72.3 Å². The van der Waals surface area contributed by atoms with Gasteiger partial charge in [0, 0.05) is 38.2 Å². The summed E-state index contributed by atoms with van der Waals surface area (Å²) in [5.41, 5.74) is 4.05. The van der Waals surface area contributed by atoms with Gasteiger partial charge in [-0.15, -0.1) is 0 Å². The lowest BCUT2D eigenvalue weighted by Crippen LogP contribution is -2.71. The fraction of sp³-hybridized carbons (Fsp3) is 0.633. The second kappa shape index (κ2) is 14.7. The number of nitrogens with two attached hydrogens (primary N) is 1. The van der Waals surface area contributed by atoms with Crippen LogP contribution in [0.5, 0.6) is 0 Å². The van der Waals surface area contributed by atoms with Crippen molar-refractivity contribution in [1.29, 1.82) is 0 Å². The molecule has 0 heterocycles.